The fraction of sp³-hybridized carbons (Fsp3) is 0.844. The third-order valence-electron chi connectivity index (χ3n) is 9.69. The average Bonchev–Trinajstić information content (AvgIpc) is 3.28. The van der Waals surface area contributed by atoms with Gasteiger partial charge in [-0.15, -0.1) is 0 Å². The molecule has 0 amide bonds. The predicted molar refractivity (Wildman–Crippen MR) is 229 cm³/mol. The summed E-state index contributed by atoms with van der Waals surface area (Å²) >= 11 is 0. The van der Waals surface area contributed by atoms with Crippen molar-refractivity contribution in [3.8, 4) is 0 Å². The van der Waals surface area contributed by atoms with E-state index >= 15 is 0 Å². The van der Waals surface area contributed by atoms with Gasteiger partial charge in [0.1, 0.15) is 6.61 Å². The SMILES string of the molecule is O=C(OCc1ccccc1)C(CCCCOCC(COCCCO)(COCCCO)COCCCO)CCCOCC(COCCCO)(COCCCO)COCCCCO. The van der Waals surface area contributed by atoms with Gasteiger partial charge >= 0.3 is 5.97 Å². The zero-order valence-electron chi connectivity index (χ0n) is 37.0. The summed E-state index contributed by atoms with van der Waals surface area (Å²) < 4.78 is 53.8. The van der Waals surface area contributed by atoms with Crippen LogP contribution < -0.4 is 0 Å². The molecule has 0 bridgehead atoms. The Morgan fingerprint density at radius 1 is 0.410 bits per heavy atom. The lowest BCUT2D eigenvalue weighted by Crippen LogP contribution is -2.42. The molecule has 0 aliphatic carbocycles. The van der Waals surface area contributed by atoms with Crippen molar-refractivity contribution < 1.29 is 78.1 Å². The maximum atomic E-state index is 13.5. The Morgan fingerprint density at radius 2 is 0.721 bits per heavy atom. The minimum absolute atomic E-state index is 0.0172. The van der Waals surface area contributed by atoms with E-state index in [1.165, 1.54) is 0 Å². The lowest BCUT2D eigenvalue weighted by molar-refractivity contribution is -0.150. The van der Waals surface area contributed by atoms with Crippen molar-refractivity contribution in [3.05, 3.63) is 35.9 Å². The maximum absolute atomic E-state index is 13.5. The van der Waals surface area contributed by atoms with Crippen LogP contribution >= 0.6 is 0 Å². The summed E-state index contributed by atoms with van der Waals surface area (Å²) in [5.41, 5.74) is -0.364. The van der Waals surface area contributed by atoms with E-state index in [0.29, 0.717) is 137 Å². The van der Waals surface area contributed by atoms with Crippen LogP contribution in [0.4, 0.5) is 0 Å². The zero-order valence-corrected chi connectivity index (χ0v) is 37.0. The summed E-state index contributed by atoms with van der Waals surface area (Å²) in [6, 6.07) is 9.58. The van der Waals surface area contributed by atoms with Crippen molar-refractivity contribution in [1.29, 1.82) is 0 Å². The summed E-state index contributed by atoms with van der Waals surface area (Å²) in [5, 5.41) is 55.4. The van der Waals surface area contributed by atoms with Gasteiger partial charge in [-0.05, 0) is 76.2 Å². The summed E-state index contributed by atoms with van der Waals surface area (Å²) in [6.07, 6.45) is 7.03. The van der Waals surface area contributed by atoms with Crippen LogP contribution in [0.5, 0.6) is 0 Å². The molecule has 1 aromatic carbocycles. The molecule has 1 atom stereocenters. The Hall–Kier alpha value is -1.87. The number of hydrogen-bond donors (Lipinski definition) is 6. The van der Waals surface area contributed by atoms with Gasteiger partial charge in [-0.2, -0.15) is 0 Å². The minimum Gasteiger partial charge on any atom is -0.461 e. The van der Waals surface area contributed by atoms with E-state index in [1.807, 2.05) is 30.3 Å². The van der Waals surface area contributed by atoms with E-state index < -0.39 is 10.8 Å². The Labute approximate surface area is 365 Å². The van der Waals surface area contributed by atoms with Crippen molar-refractivity contribution >= 4 is 5.97 Å². The highest BCUT2D eigenvalue weighted by molar-refractivity contribution is 5.72. The molecule has 1 unspecified atom stereocenters. The van der Waals surface area contributed by atoms with Crippen molar-refractivity contribution in [2.24, 2.45) is 16.7 Å². The number of esters is 1. The van der Waals surface area contributed by atoms with E-state index in [4.69, 9.17) is 42.6 Å². The van der Waals surface area contributed by atoms with Gasteiger partial charge in [-0.25, -0.2) is 0 Å². The molecule has 0 aliphatic heterocycles. The highest BCUT2D eigenvalue weighted by Crippen LogP contribution is 2.24. The van der Waals surface area contributed by atoms with Crippen LogP contribution in [-0.2, 0) is 54.0 Å². The van der Waals surface area contributed by atoms with Crippen LogP contribution in [0.25, 0.3) is 0 Å². The van der Waals surface area contributed by atoms with Crippen molar-refractivity contribution in [2.75, 3.05) is 145 Å². The van der Waals surface area contributed by atoms with Gasteiger partial charge in [0.05, 0.1) is 69.6 Å². The third-order valence-corrected chi connectivity index (χ3v) is 9.69. The summed E-state index contributed by atoms with van der Waals surface area (Å²) in [4.78, 5) is 13.5. The number of rotatable bonds is 47. The second kappa shape index (κ2) is 40.9. The fourth-order valence-corrected chi connectivity index (χ4v) is 6.21. The largest absolute Gasteiger partial charge is 0.461 e. The first-order valence-corrected chi connectivity index (χ1v) is 22.4. The molecule has 6 N–H and O–H groups in total. The van der Waals surface area contributed by atoms with Crippen molar-refractivity contribution in [3.63, 3.8) is 0 Å². The molecule has 16 heteroatoms. The normalized spacial score (nSPS) is 12.6. The Morgan fingerprint density at radius 3 is 1.08 bits per heavy atom. The quantitative estimate of drug-likeness (QED) is 0.0409. The number of carbonyl (C=O) groups excluding carboxylic acids is 1. The number of aliphatic hydroxyl groups excluding tert-OH is 6. The average molecular weight is 879 g/mol. The number of hydrogen-bond acceptors (Lipinski definition) is 16. The molecule has 0 aromatic heterocycles. The molecular formula is C45H82O16. The van der Waals surface area contributed by atoms with Gasteiger partial charge in [0.15, 0.2) is 0 Å². The highest BCUT2D eigenvalue weighted by atomic mass is 16.5. The second-order valence-electron chi connectivity index (χ2n) is 15.7. The fourth-order valence-electron chi connectivity index (χ4n) is 6.21. The molecule has 0 radical (unpaired) electrons. The molecular weight excluding hydrogens is 796 g/mol. The molecule has 0 saturated heterocycles. The number of unbranched alkanes of at least 4 members (excludes halogenated alkanes) is 2. The number of aliphatic hydroxyl groups is 6. The lowest BCUT2D eigenvalue weighted by atomic mass is 9.92. The van der Waals surface area contributed by atoms with Crippen LogP contribution in [0.1, 0.15) is 82.6 Å². The predicted octanol–water partition coefficient (Wildman–Crippen LogP) is 3.09. The molecule has 0 saturated carbocycles. The molecule has 358 valence electrons. The molecule has 1 aromatic rings. The van der Waals surface area contributed by atoms with Gasteiger partial charge in [0, 0.05) is 92.5 Å². The first-order chi connectivity index (χ1) is 29.9. The second-order valence-corrected chi connectivity index (χ2v) is 15.7. The van der Waals surface area contributed by atoms with Gasteiger partial charge in [0.2, 0.25) is 0 Å². The standard InChI is InChI=1S/C45H82O16/c46-18-5-7-25-54-34-44(36-56-27-9-19-47,37-57-28-10-20-48)35-55-26-8-17-42(43(52)61-32-41-14-2-1-3-15-41)16-4-6-24-53-33-45(38-58-29-11-21-49,39-59-30-12-22-50)40-60-31-13-23-51/h1-3,14-15,42,46-51H,4-13,16-40H2. The van der Waals surface area contributed by atoms with E-state index in [2.05, 4.69) is 0 Å². The molecule has 0 heterocycles. The Balaban J connectivity index is 2.91. The smallest absolute Gasteiger partial charge is 0.309 e. The molecule has 0 spiro atoms. The number of benzene rings is 1. The molecule has 0 aliphatic rings. The minimum atomic E-state index is -0.640. The van der Waals surface area contributed by atoms with Crippen LogP contribution in [0.2, 0.25) is 0 Å². The topological polar surface area (TPSA) is 222 Å². The first kappa shape index (κ1) is 57.1. The van der Waals surface area contributed by atoms with Crippen molar-refractivity contribution in [1.82, 2.24) is 0 Å². The third kappa shape index (κ3) is 30.8. The number of ether oxygens (including phenoxy) is 9. The van der Waals surface area contributed by atoms with Gasteiger partial charge in [0.25, 0.3) is 0 Å². The monoisotopic (exact) mass is 879 g/mol. The van der Waals surface area contributed by atoms with Crippen LogP contribution in [0.3, 0.4) is 0 Å². The summed E-state index contributed by atoms with van der Waals surface area (Å²) in [5.74, 6) is -0.613. The molecule has 1 rings (SSSR count). The first-order valence-electron chi connectivity index (χ1n) is 22.4. The van der Waals surface area contributed by atoms with Crippen LogP contribution in [0, 0.1) is 16.7 Å². The van der Waals surface area contributed by atoms with E-state index in [-0.39, 0.29) is 97.8 Å². The van der Waals surface area contributed by atoms with Gasteiger partial charge in [-0.3, -0.25) is 4.79 Å². The summed E-state index contributed by atoms with van der Waals surface area (Å²) in [7, 11) is 0. The summed E-state index contributed by atoms with van der Waals surface area (Å²) in [6.45, 7) is 5.83. The number of carbonyl (C=O) groups is 1. The van der Waals surface area contributed by atoms with Crippen LogP contribution in [0.15, 0.2) is 30.3 Å². The van der Waals surface area contributed by atoms with E-state index in [9.17, 15) is 35.4 Å². The molecule has 61 heavy (non-hydrogen) atoms. The van der Waals surface area contributed by atoms with Crippen molar-refractivity contribution in [2.45, 2.75) is 83.7 Å². The highest BCUT2D eigenvalue weighted by Gasteiger charge is 2.34. The lowest BCUT2D eigenvalue weighted by Gasteiger charge is -2.33. The molecule has 16 nitrogen and oxygen atoms in total. The Bertz CT molecular complexity index is 1040. The maximum Gasteiger partial charge on any atom is 0.309 e. The van der Waals surface area contributed by atoms with Gasteiger partial charge < -0.3 is 73.3 Å². The Kier molecular flexibility index (Phi) is 38.3. The van der Waals surface area contributed by atoms with Crippen LogP contribution in [-0.4, -0.2) is 182 Å². The van der Waals surface area contributed by atoms with E-state index in [0.717, 1.165) is 12.0 Å². The van der Waals surface area contributed by atoms with Gasteiger partial charge in [-0.1, -0.05) is 36.8 Å². The van der Waals surface area contributed by atoms with E-state index in [1.54, 1.807) is 0 Å². The zero-order chi connectivity index (χ0) is 44.4. The molecule has 0 fully saturated rings.